The summed E-state index contributed by atoms with van der Waals surface area (Å²) in [5.74, 6) is -1.21. The number of hydrogen-bond donors (Lipinski definition) is 1. The third kappa shape index (κ3) is 3.94. The first-order valence-corrected chi connectivity index (χ1v) is 7.29. The minimum absolute atomic E-state index is 0.0990. The fourth-order valence-electron chi connectivity index (χ4n) is 2.29. The molecule has 0 fully saturated rings. The lowest BCUT2D eigenvalue weighted by Gasteiger charge is -2.23. The van der Waals surface area contributed by atoms with Crippen molar-refractivity contribution >= 4 is 23.2 Å². The number of benzene rings is 2. The monoisotopic (exact) mass is 314 g/mol. The Morgan fingerprint density at radius 2 is 1.78 bits per heavy atom. The van der Waals surface area contributed by atoms with Crippen molar-refractivity contribution in [1.29, 1.82) is 0 Å². The van der Waals surface area contributed by atoms with Crippen molar-refractivity contribution in [3.05, 3.63) is 59.4 Å². The quantitative estimate of drug-likeness (QED) is 0.940. The lowest BCUT2D eigenvalue weighted by molar-refractivity contribution is -0.120. The molecule has 23 heavy (non-hydrogen) atoms. The normalized spacial score (nSPS) is 10.3. The third-order valence-corrected chi connectivity index (χ3v) is 3.70. The zero-order chi connectivity index (χ0) is 17.0. The van der Waals surface area contributed by atoms with Gasteiger partial charge >= 0.3 is 0 Å². The van der Waals surface area contributed by atoms with E-state index in [1.165, 1.54) is 24.0 Å². The van der Waals surface area contributed by atoms with Crippen molar-refractivity contribution in [2.24, 2.45) is 0 Å². The van der Waals surface area contributed by atoms with E-state index in [0.29, 0.717) is 5.69 Å². The molecule has 2 aromatic rings. The van der Waals surface area contributed by atoms with Crippen LogP contribution in [0.2, 0.25) is 0 Å². The summed E-state index contributed by atoms with van der Waals surface area (Å²) in [6, 6.07) is 11.5. The van der Waals surface area contributed by atoms with Crippen LogP contribution in [0.1, 0.15) is 18.1 Å². The number of halogens is 1. The summed E-state index contributed by atoms with van der Waals surface area (Å²) in [4.78, 5) is 25.5. The Hall–Kier alpha value is -2.69. The minimum Gasteiger partial charge on any atom is -0.322 e. The van der Waals surface area contributed by atoms with Crippen LogP contribution >= 0.6 is 0 Å². The second-order valence-corrected chi connectivity index (χ2v) is 5.35. The number of amides is 2. The van der Waals surface area contributed by atoms with Gasteiger partial charge in [0, 0.05) is 12.6 Å². The van der Waals surface area contributed by atoms with E-state index in [4.69, 9.17) is 0 Å². The van der Waals surface area contributed by atoms with E-state index in [2.05, 4.69) is 5.32 Å². The molecule has 0 unspecified atom stereocenters. The van der Waals surface area contributed by atoms with Crippen LogP contribution < -0.4 is 10.2 Å². The SMILES string of the molecule is CC(=O)N(CC(=O)Nc1ccccc1F)c1cccc(C)c1C. The summed E-state index contributed by atoms with van der Waals surface area (Å²) in [7, 11) is 0. The van der Waals surface area contributed by atoms with Gasteiger partial charge in [0.25, 0.3) is 0 Å². The van der Waals surface area contributed by atoms with Crippen LogP contribution in [-0.4, -0.2) is 18.4 Å². The maximum atomic E-state index is 13.6. The predicted molar refractivity (Wildman–Crippen MR) is 89.0 cm³/mol. The number of nitrogens with zero attached hydrogens (tertiary/aromatic N) is 1. The van der Waals surface area contributed by atoms with E-state index in [0.717, 1.165) is 11.1 Å². The van der Waals surface area contributed by atoms with Crippen LogP contribution in [0.4, 0.5) is 15.8 Å². The summed E-state index contributed by atoms with van der Waals surface area (Å²) < 4.78 is 13.6. The van der Waals surface area contributed by atoms with Gasteiger partial charge in [-0.15, -0.1) is 0 Å². The summed E-state index contributed by atoms with van der Waals surface area (Å²) >= 11 is 0. The molecule has 0 heterocycles. The second-order valence-electron chi connectivity index (χ2n) is 5.35. The van der Waals surface area contributed by atoms with Crippen LogP contribution in [0.5, 0.6) is 0 Å². The van der Waals surface area contributed by atoms with Gasteiger partial charge in [-0.3, -0.25) is 9.59 Å². The van der Waals surface area contributed by atoms with Crippen molar-refractivity contribution in [3.8, 4) is 0 Å². The average molecular weight is 314 g/mol. The van der Waals surface area contributed by atoms with Gasteiger partial charge in [-0.25, -0.2) is 4.39 Å². The summed E-state index contributed by atoms with van der Waals surface area (Å²) in [5.41, 5.74) is 2.74. The van der Waals surface area contributed by atoms with Crippen molar-refractivity contribution in [2.45, 2.75) is 20.8 Å². The number of nitrogens with one attached hydrogen (secondary N) is 1. The van der Waals surface area contributed by atoms with Crippen LogP contribution in [-0.2, 0) is 9.59 Å². The van der Waals surface area contributed by atoms with Crippen LogP contribution in [0, 0.1) is 19.7 Å². The summed E-state index contributed by atoms with van der Waals surface area (Å²) in [6.45, 7) is 5.07. The van der Waals surface area contributed by atoms with Gasteiger partial charge in [-0.2, -0.15) is 0 Å². The molecule has 0 radical (unpaired) electrons. The van der Waals surface area contributed by atoms with Gasteiger partial charge in [0.2, 0.25) is 11.8 Å². The van der Waals surface area contributed by atoms with E-state index < -0.39 is 11.7 Å². The molecule has 0 aliphatic heterocycles. The van der Waals surface area contributed by atoms with Gasteiger partial charge in [-0.05, 0) is 43.2 Å². The topological polar surface area (TPSA) is 49.4 Å². The molecule has 0 atom stereocenters. The Morgan fingerprint density at radius 3 is 2.43 bits per heavy atom. The Balaban J connectivity index is 2.20. The molecule has 2 aromatic carbocycles. The number of anilines is 2. The molecule has 0 aliphatic rings. The lowest BCUT2D eigenvalue weighted by atomic mass is 10.1. The Labute approximate surface area is 134 Å². The number of aryl methyl sites for hydroxylation is 1. The fourth-order valence-corrected chi connectivity index (χ4v) is 2.29. The Kier molecular flexibility index (Phi) is 5.11. The van der Waals surface area contributed by atoms with Crippen LogP contribution in [0.15, 0.2) is 42.5 Å². The van der Waals surface area contributed by atoms with Gasteiger partial charge in [0.15, 0.2) is 0 Å². The molecular weight excluding hydrogens is 295 g/mol. The molecule has 2 amide bonds. The molecule has 0 bridgehead atoms. The molecule has 2 rings (SSSR count). The first-order chi connectivity index (χ1) is 10.9. The number of hydrogen-bond acceptors (Lipinski definition) is 2. The van der Waals surface area contributed by atoms with E-state index >= 15 is 0 Å². The maximum Gasteiger partial charge on any atom is 0.244 e. The average Bonchev–Trinajstić information content (AvgIpc) is 2.50. The van der Waals surface area contributed by atoms with E-state index in [-0.39, 0.29) is 18.1 Å². The van der Waals surface area contributed by atoms with Gasteiger partial charge < -0.3 is 10.2 Å². The Bertz CT molecular complexity index is 744. The highest BCUT2D eigenvalue weighted by atomic mass is 19.1. The third-order valence-electron chi connectivity index (χ3n) is 3.70. The zero-order valence-electron chi connectivity index (χ0n) is 13.4. The van der Waals surface area contributed by atoms with Crippen molar-refractivity contribution in [1.82, 2.24) is 0 Å². The van der Waals surface area contributed by atoms with Crippen molar-refractivity contribution in [2.75, 3.05) is 16.8 Å². The smallest absolute Gasteiger partial charge is 0.244 e. The standard InChI is InChI=1S/C18H19FN2O2/c1-12-7-6-10-17(13(12)2)21(14(3)22)11-18(23)20-16-9-5-4-8-15(16)19/h4-10H,11H2,1-3H3,(H,20,23). The number of carbonyl (C=O) groups excluding carboxylic acids is 2. The molecule has 0 saturated heterocycles. The van der Waals surface area contributed by atoms with Crippen molar-refractivity contribution in [3.63, 3.8) is 0 Å². The van der Waals surface area contributed by atoms with E-state index in [1.54, 1.807) is 18.2 Å². The second kappa shape index (κ2) is 7.05. The summed E-state index contributed by atoms with van der Waals surface area (Å²) in [6.07, 6.45) is 0. The highest BCUT2D eigenvalue weighted by molar-refractivity contribution is 6.02. The highest BCUT2D eigenvalue weighted by Gasteiger charge is 2.18. The van der Waals surface area contributed by atoms with Crippen LogP contribution in [0.25, 0.3) is 0 Å². The molecule has 0 spiro atoms. The number of para-hydroxylation sites is 1. The maximum absolute atomic E-state index is 13.6. The number of carbonyl (C=O) groups is 2. The fraction of sp³-hybridized carbons (Fsp3) is 0.222. The Morgan fingerprint density at radius 1 is 1.09 bits per heavy atom. The molecule has 0 aromatic heterocycles. The molecule has 120 valence electrons. The molecule has 4 nitrogen and oxygen atoms in total. The van der Waals surface area contributed by atoms with Gasteiger partial charge in [0.1, 0.15) is 12.4 Å². The zero-order valence-corrected chi connectivity index (χ0v) is 13.4. The molecular formula is C18H19FN2O2. The number of rotatable bonds is 4. The minimum atomic E-state index is -0.512. The van der Waals surface area contributed by atoms with Gasteiger partial charge in [0.05, 0.1) is 5.69 Å². The molecule has 0 aliphatic carbocycles. The van der Waals surface area contributed by atoms with E-state index in [9.17, 15) is 14.0 Å². The van der Waals surface area contributed by atoms with Crippen molar-refractivity contribution < 1.29 is 14.0 Å². The molecule has 5 heteroatoms. The van der Waals surface area contributed by atoms with Crippen LogP contribution in [0.3, 0.4) is 0 Å². The predicted octanol–water partition coefficient (Wildman–Crippen LogP) is 3.43. The first-order valence-electron chi connectivity index (χ1n) is 7.29. The first kappa shape index (κ1) is 16.7. The van der Waals surface area contributed by atoms with E-state index in [1.807, 2.05) is 26.0 Å². The molecule has 0 saturated carbocycles. The summed E-state index contributed by atoms with van der Waals surface area (Å²) in [5, 5.41) is 2.49. The van der Waals surface area contributed by atoms with Gasteiger partial charge in [-0.1, -0.05) is 24.3 Å². The largest absolute Gasteiger partial charge is 0.322 e. The lowest BCUT2D eigenvalue weighted by Crippen LogP contribution is -2.37. The molecule has 1 N–H and O–H groups in total. The highest BCUT2D eigenvalue weighted by Crippen LogP contribution is 2.23.